The Morgan fingerprint density at radius 2 is 2.15 bits per heavy atom. The molecule has 0 radical (unpaired) electrons. The first-order valence-electron chi connectivity index (χ1n) is 5.82. The van der Waals surface area contributed by atoms with Gasteiger partial charge >= 0.3 is 12.0 Å². The number of pyridine rings is 1. The van der Waals surface area contributed by atoms with Crippen molar-refractivity contribution in [1.82, 2.24) is 10.3 Å². The SMILES string of the molecule is CC(NC(=O)Nc1cccc2cc(Br)cnc12)C(=O)O. The molecule has 2 amide bonds. The molecule has 0 saturated heterocycles. The van der Waals surface area contributed by atoms with Gasteiger partial charge in [0.15, 0.2) is 0 Å². The lowest BCUT2D eigenvalue weighted by Crippen LogP contribution is -2.40. The van der Waals surface area contributed by atoms with E-state index in [9.17, 15) is 9.59 Å². The highest BCUT2D eigenvalue weighted by molar-refractivity contribution is 9.10. The zero-order valence-corrected chi connectivity index (χ0v) is 12.1. The summed E-state index contributed by atoms with van der Waals surface area (Å²) in [7, 11) is 0. The number of nitrogens with one attached hydrogen (secondary N) is 2. The smallest absolute Gasteiger partial charge is 0.325 e. The first-order valence-corrected chi connectivity index (χ1v) is 6.61. The number of aromatic nitrogens is 1. The predicted octanol–water partition coefficient (Wildman–Crippen LogP) is 2.59. The molecule has 0 aliphatic heterocycles. The van der Waals surface area contributed by atoms with Crippen LogP contribution in [0.25, 0.3) is 10.9 Å². The number of hydrogen-bond donors (Lipinski definition) is 3. The molecule has 0 aliphatic carbocycles. The fourth-order valence-electron chi connectivity index (χ4n) is 1.65. The van der Waals surface area contributed by atoms with Gasteiger partial charge in [0.2, 0.25) is 0 Å². The summed E-state index contributed by atoms with van der Waals surface area (Å²) in [6.45, 7) is 1.39. The van der Waals surface area contributed by atoms with Crippen LogP contribution in [0.3, 0.4) is 0 Å². The molecular weight excluding hydrogens is 326 g/mol. The number of benzene rings is 1. The van der Waals surface area contributed by atoms with E-state index in [1.165, 1.54) is 6.92 Å². The standard InChI is InChI=1S/C13H12BrN3O3/c1-7(12(18)19)16-13(20)17-10-4-2-3-8-5-9(14)6-15-11(8)10/h2-7H,1H3,(H,18,19)(H2,16,17,20). The van der Waals surface area contributed by atoms with Gasteiger partial charge in [-0.2, -0.15) is 0 Å². The Morgan fingerprint density at radius 3 is 2.85 bits per heavy atom. The van der Waals surface area contributed by atoms with Crippen LogP contribution >= 0.6 is 15.9 Å². The normalized spacial score (nSPS) is 11.9. The Labute approximate surface area is 123 Å². The minimum Gasteiger partial charge on any atom is -0.480 e. The summed E-state index contributed by atoms with van der Waals surface area (Å²) in [5.74, 6) is -1.10. The number of fused-ring (bicyclic) bond motifs is 1. The van der Waals surface area contributed by atoms with Crippen molar-refractivity contribution in [3.8, 4) is 0 Å². The van der Waals surface area contributed by atoms with Crippen LogP contribution in [0.15, 0.2) is 34.9 Å². The van der Waals surface area contributed by atoms with E-state index in [1.54, 1.807) is 18.3 Å². The van der Waals surface area contributed by atoms with Gasteiger partial charge in [-0.3, -0.25) is 9.78 Å². The second kappa shape index (κ2) is 5.87. The number of carbonyl (C=O) groups is 2. The molecule has 20 heavy (non-hydrogen) atoms. The number of amides is 2. The Balaban J connectivity index is 2.21. The molecule has 1 aromatic heterocycles. The minimum absolute atomic E-state index is 0.519. The monoisotopic (exact) mass is 337 g/mol. The van der Waals surface area contributed by atoms with Crippen LogP contribution in [0.4, 0.5) is 10.5 Å². The summed E-state index contributed by atoms with van der Waals surface area (Å²) in [5.41, 5.74) is 1.15. The highest BCUT2D eigenvalue weighted by Crippen LogP contribution is 2.23. The summed E-state index contributed by atoms with van der Waals surface area (Å²) in [6, 6.07) is 5.69. The molecule has 1 heterocycles. The summed E-state index contributed by atoms with van der Waals surface area (Å²) in [4.78, 5) is 26.6. The third kappa shape index (κ3) is 3.24. The van der Waals surface area contributed by atoms with Crippen molar-refractivity contribution in [2.75, 3.05) is 5.32 Å². The van der Waals surface area contributed by atoms with Crippen molar-refractivity contribution >= 4 is 44.5 Å². The summed E-state index contributed by atoms with van der Waals surface area (Å²) in [6.07, 6.45) is 1.63. The quantitative estimate of drug-likeness (QED) is 0.802. The Morgan fingerprint density at radius 1 is 1.40 bits per heavy atom. The van der Waals surface area contributed by atoms with Gasteiger partial charge in [0.1, 0.15) is 6.04 Å². The molecule has 0 aliphatic rings. The Kier molecular flexibility index (Phi) is 4.19. The molecule has 0 spiro atoms. The second-order valence-electron chi connectivity index (χ2n) is 4.19. The van der Waals surface area contributed by atoms with E-state index in [0.717, 1.165) is 9.86 Å². The number of nitrogens with zero attached hydrogens (tertiary/aromatic N) is 1. The Bertz CT molecular complexity index is 675. The first kappa shape index (κ1) is 14.3. The molecule has 1 unspecified atom stereocenters. The number of hydrogen-bond acceptors (Lipinski definition) is 3. The van der Waals surface area contributed by atoms with Gasteiger partial charge < -0.3 is 15.7 Å². The lowest BCUT2D eigenvalue weighted by molar-refractivity contribution is -0.138. The summed E-state index contributed by atoms with van der Waals surface area (Å²) in [5, 5.41) is 14.5. The van der Waals surface area contributed by atoms with E-state index >= 15 is 0 Å². The fraction of sp³-hybridized carbons (Fsp3) is 0.154. The summed E-state index contributed by atoms with van der Waals surface area (Å²) < 4.78 is 0.839. The Hall–Kier alpha value is -2.15. The van der Waals surface area contributed by atoms with Crippen molar-refractivity contribution in [2.24, 2.45) is 0 Å². The number of carboxylic acids is 1. The van der Waals surface area contributed by atoms with Crippen LogP contribution in [0.5, 0.6) is 0 Å². The van der Waals surface area contributed by atoms with Crippen LogP contribution in [0.2, 0.25) is 0 Å². The lowest BCUT2D eigenvalue weighted by atomic mass is 10.2. The van der Waals surface area contributed by atoms with Crippen molar-refractivity contribution in [3.63, 3.8) is 0 Å². The van der Waals surface area contributed by atoms with E-state index in [0.29, 0.717) is 11.2 Å². The highest BCUT2D eigenvalue weighted by atomic mass is 79.9. The molecule has 0 fully saturated rings. The van der Waals surface area contributed by atoms with Crippen molar-refractivity contribution in [2.45, 2.75) is 13.0 Å². The van der Waals surface area contributed by atoms with Gasteiger partial charge in [0, 0.05) is 16.1 Å². The first-order chi connectivity index (χ1) is 9.47. The van der Waals surface area contributed by atoms with Crippen LogP contribution < -0.4 is 10.6 Å². The molecule has 3 N–H and O–H groups in total. The fourth-order valence-corrected chi connectivity index (χ4v) is 2.00. The zero-order valence-electron chi connectivity index (χ0n) is 10.6. The maximum atomic E-state index is 11.7. The molecule has 7 heteroatoms. The van der Waals surface area contributed by atoms with Gasteiger partial charge in [0.25, 0.3) is 0 Å². The molecule has 0 bridgehead atoms. The topological polar surface area (TPSA) is 91.3 Å². The maximum Gasteiger partial charge on any atom is 0.325 e. The van der Waals surface area contributed by atoms with Crippen LogP contribution in [-0.2, 0) is 4.79 Å². The van der Waals surface area contributed by atoms with Crippen LogP contribution in [0, 0.1) is 0 Å². The van der Waals surface area contributed by atoms with Gasteiger partial charge in [0.05, 0.1) is 11.2 Å². The lowest BCUT2D eigenvalue weighted by Gasteiger charge is -2.12. The summed E-state index contributed by atoms with van der Waals surface area (Å²) >= 11 is 3.33. The van der Waals surface area contributed by atoms with E-state index in [-0.39, 0.29) is 0 Å². The third-order valence-electron chi connectivity index (χ3n) is 2.64. The van der Waals surface area contributed by atoms with Crippen molar-refractivity contribution in [1.29, 1.82) is 0 Å². The predicted molar refractivity (Wildman–Crippen MR) is 78.7 cm³/mol. The molecular formula is C13H12BrN3O3. The molecule has 1 atom stereocenters. The number of carboxylic acid groups (broad SMARTS) is 1. The van der Waals surface area contributed by atoms with E-state index < -0.39 is 18.0 Å². The van der Waals surface area contributed by atoms with E-state index in [2.05, 4.69) is 31.5 Å². The van der Waals surface area contributed by atoms with Gasteiger partial charge in [-0.05, 0) is 35.0 Å². The van der Waals surface area contributed by atoms with Crippen molar-refractivity contribution < 1.29 is 14.7 Å². The van der Waals surface area contributed by atoms with Crippen molar-refractivity contribution in [3.05, 3.63) is 34.9 Å². The molecule has 6 nitrogen and oxygen atoms in total. The second-order valence-corrected chi connectivity index (χ2v) is 5.10. The highest BCUT2D eigenvalue weighted by Gasteiger charge is 2.14. The number of urea groups is 1. The third-order valence-corrected chi connectivity index (χ3v) is 3.08. The molecule has 0 saturated carbocycles. The maximum absolute atomic E-state index is 11.7. The van der Waals surface area contributed by atoms with Gasteiger partial charge in [-0.1, -0.05) is 12.1 Å². The van der Waals surface area contributed by atoms with Crippen LogP contribution in [-0.4, -0.2) is 28.1 Å². The number of anilines is 1. The number of para-hydroxylation sites is 1. The number of carbonyl (C=O) groups excluding carboxylic acids is 1. The van der Waals surface area contributed by atoms with E-state index in [1.807, 2.05) is 12.1 Å². The van der Waals surface area contributed by atoms with Gasteiger partial charge in [-0.15, -0.1) is 0 Å². The number of rotatable bonds is 3. The molecule has 104 valence electrons. The molecule has 2 rings (SSSR count). The number of aliphatic carboxylic acids is 1. The molecule has 1 aromatic carbocycles. The average Bonchev–Trinajstić information content (AvgIpc) is 2.38. The average molecular weight is 338 g/mol. The van der Waals surface area contributed by atoms with E-state index in [4.69, 9.17) is 5.11 Å². The van der Waals surface area contributed by atoms with Gasteiger partial charge in [-0.25, -0.2) is 4.79 Å². The zero-order chi connectivity index (χ0) is 14.7. The largest absolute Gasteiger partial charge is 0.480 e. The van der Waals surface area contributed by atoms with Crippen LogP contribution in [0.1, 0.15) is 6.92 Å². The minimum atomic E-state index is -1.10. The molecule has 2 aromatic rings. The number of halogens is 1.